The average molecular weight is 330 g/mol. The first-order chi connectivity index (χ1) is 9.56. The first kappa shape index (κ1) is 15.5. The summed E-state index contributed by atoms with van der Waals surface area (Å²) in [6, 6.07) is 3.37. The Bertz CT molecular complexity index is 489. The lowest BCUT2D eigenvalue weighted by molar-refractivity contribution is -0.115. The van der Waals surface area contributed by atoms with Gasteiger partial charge in [0.1, 0.15) is 10.1 Å². The van der Waals surface area contributed by atoms with Crippen LogP contribution in [0.5, 0.6) is 0 Å². The lowest BCUT2D eigenvalue weighted by atomic mass is 10.4. The van der Waals surface area contributed by atoms with Crippen molar-refractivity contribution < 1.29 is 4.79 Å². The molecule has 0 bridgehead atoms. The molecule has 1 atom stereocenters. The fourth-order valence-electron chi connectivity index (χ4n) is 1.86. The van der Waals surface area contributed by atoms with Crippen molar-refractivity contribution >= 4 is 51.6 Å². The molecule has 7 heteroatoms. The number of nitrogens with one attached hydrogen (secondary N) is 1. The topological polar surface area (TPSA) is 45.2 Å². The fraction of sp³-hybridized carbons (Fsp3) is 0.462. The van der Waals surface area contributed by atoms with Crippen molar-refractivity contribution in [1.82, 2.24) is 9.88 Å². The highest BCUT2D eigenvalue weighted by Gasteiger charge is 2.21. The molecule has 20 heavy (non-hydrogen) atoms. The van der Waals surface area contributed by atoms with Gasteiger partial charge in [-0.25, -0.2) is 4.98 Å². The highest BCUT2D eigenvalue weighted by atomic mass is 35.5. The number of hydrogen-bond acceptors (Lipinski definition) is 4. The van der Waals surface area contributed by atoms with E-state index in [0.717, 1.165) is 17.4 Å². The highest BCUT2D eigenvalue weighted by Crippen LogP contribution is 2.21. The number of carbonyl (C=O) groups excluding carboxylic acids is 1. The van der Waals surface area contributed by atoms with Gasteiger partial charge in [-0.3, -0.25) is 4.79 Å². The van der Waals surface area contributed by atoms with Gasteiger partial charge < -0.3 is 10.2 Å². The van der Waals surface area contributed by atoms with Crippen LogP contribution in [0.3, 0.4) is 0 Å². The third-order valence-corrected chi connectivity index (χ3v) is 4.79. The molecule has 1 aliphatic heterocycles. The second-order valence-electron chi connectivity index (χ2n) is 4.57. The highest BCUT2D eigenvalue weighted by molar-refractivity contribution is 8.23. The summed E-state index contributed by atoms with van der Waals surface area (Å²) in [6.45, 7) is 3.84. The van der Waals surface area contributed by atoms with Crippen molar-refractivity contribution in [2.75, 3.05) is 18.4 Å². The number of halogens is 1. The second-order valence-corrected chi connectivity index (χ2v) is 6.98. The van der Waals surface area contributed by atoms with Crippen LogP contribution in [0.2, 0.25) is 5.02 Å². The zero-order valence-electron chi connectivity index (χ0n) is 11.1. The number of rotatable bonds is 3. The summed E-state index contributed by atoms with van der Waals surface area (Å²) in [7, 11) is 0. The van der Waals surface area contributed by atoms with Crippen LogP contribution in [0.4, 0.5) is 5.82 Å². The van der Waals surface area contributed by atoms with E-state index in [9.17, 15) is 4.79 Å². The number of thioether (sulfide) groups is 1. The monoisotopic (exact) mass is 329 g/mol. The van der Waals surface area contributed by atoms with Gasteiger partial charge in [0.2, 0.25) is 5.91 Å². The van der Waals surface area contributed by atoms with Gasteiger partial charge in [0.05, 0.1) is 10.3 Å². The average Bonchev–Trinajstić information content (AvgIpc) is 2.95. The number of likely N-dealkylation sites (tertiary alicyclic amines) is 1. The second kappa shape index (κ2) is 7.24. The van der Waals surface area contributed by atoms with Crippen LogP contribution in [0, 0.1) is 0 Å². The minimum Gasteiger partial charge on any atom is -0.358 e. The number of nitrogens with zero attached hydrogens (tertiary/aromatic N) is 2. The van der Waals surface area contributed by atoms with E-state index in [-0.39, 0.29) is 11.2 Å². The maximum absolute atomic E-state index is 12.1. The Kier molecular flexibility index (Phi) is 5.63. The normalized spacial score (nSPS) is 16.0. The summed E-state index contributed by atoms with van der Waals surface area (Å²) < 4.78 is 0.800. The quantitative estimate of drug-likeness (QED) is 0.863. The van der Waals surface area contributed by atoms with E-state index in [1.807, 2.05) is 6.92 Å². The van der Waals surface area contributed by atoms with E-state index in [1.54, 1.807) is 12.1 Å². The molecule has 4 nitrogen and oxygen atoms in total. The van der Waals surface area contributed by atoms with Crippen molar-refractivity contribution in [3.8, 4) is 0 Å². The summed E-state index contributed by atoms with van der Waals surface area (Å²) in [4.78, 5) is 18.3. The molecule has 1 saturated heterocycles. The maximum atomic E-state index is 12.1. The Balaban J connectivity index is 1.85. The first-order valence-electron chi connectivity index (χ1n) is 6.44. The van der Waals surface area contributed by atoms with E-state index in [4.69, 9.17) is 23.8 Å². The summed E-state index contributed by atoms with van der Waals surface area (Å²) in [5, 5.41) is 3.05. The van der Waals surface area contributed by atoms with Crippen molar-refractivity contribution in [2.45, 2.75) is 25.0 Å². The molecule has 0 aromatic carbocycles. The van der Waals surface area contributed by atoms with Gasteiger partial charge in [0.15, 0.2) is 0 Å². The van der Waals surface area contributed by atoms with Crippen LogP contribution in [-0.2, 0) is 4.79 Å². The van der Waals surface area contributed by atoms with Gasteiger partial charge in [-0.1, -0.05) is 35.6 Å². The van der Waals surface area contributed by atoms with E-state index in [2.05, 4.69) is 15.2 Å². The van der Waals surface area contributed by atoms with Crippen molar-refractivity contribution in [2.24, 2.45) is 0 Å². The SMILES string of the molecule is C[C@H](SC(=S)N1CCCC1)C(=O)Nc1ccc(Cl)cn1. The largest absolute Gasteiger partial charge is 0.358 e. The smallest absolute Gasteiger partial charge is 0.238 e. The molecule has 1 amide bonds. The Morgan fingerprint density at radius 2 is 2.20 bits per heavy atom. The number of aromatic nitrogens is 1. The summed E-state index contributed by atoms with van der Waals surface area (Å²) in [5.74, 6) is 0.394. The molecule has 2 rings (SSSR count). The van der Waals surface area contributed by atoms with Gasteiger partial charge in [0.25, 0.3) is 0 Å². The molecular weight excluding hydrogens is 314 g/mol. The van der Waals surface area contributed by atoms with Crippen LogP contribution in [-0.4, -0.2) is 38.5 Å². The molecule has 0 spiro atoms. The maximum Gasteiger partial charge on any atom is 0.238 e. The summed E-state index contributed by atoms with van der Waals surface area (Å²) >= 11 is 12.5. The van der Waals surface area contributed by atoms with Crippen LogP contribution >= 0.6 is 35.6 Å². The van der Waals surface area contributed by atoms with Gasteiger partial charge >= 0.3 is 0 Å². The third kappa shape index (κ3) is 4.33. The lowest BCUT2D eigenvalue weighted by Gasteiger charge is -2.20. The Labute approximate surface area is 133 Å². The molecule has 2 heterocycles. The zero-order chi connectivity index (χ0) is 14.5. The number of thiocarbonyl (C=S) groups is 1. The molecule has 1 fully saturated rings. The molecule has 0 aliphatic carbocycles. The van der Waals surface area contributed by atoms with E-state index < -0.39 is 0 Å². The van der Waals surface area contributed by atoms with Crippen molar-refractivity contribution in [1.29, 1.82) is 0 Å². The fourth-order valence-corrected chi connectivity index (χ4v) is 3.38. The number of hydrogen-bond donors (Lipinski definition) is 1. The van der Waals surface area contributed by atoms with Crippen LogP contribution in [0.15, 0.2) is 18.3 Å². The van der Waals surface area contributed by atoms with Gasteiger partial charge in [0, 0.05) is 19.3 Å². The summed E-state index contributed by atoms with van der Waals surface area (Å²) in [6.07, 6.45) is 3.86. The van der Waals surface area contributed by atoms with E-state index in [0.29, 0.717) is 10.8 Å². The number of carbonyl (C=O) groups is 1. The van der Waals surface area contributed by atoms with Gasteiger partial charge in [-0.15, -0.1) is 0 Å². The van der Waals surface area contributed by atoms with Gasteiger partial charge in [-0.2, -0.15) is 0 Å². The predicted molar refractivity (Wildman–Crippen MR) is 88.3 cm³/mol. The molecule has 0 unspecified atom stereocenters. The number of anilines is 1. The molecular formula is C13H16ClN3OS2. The Morgan fingerprint density at radius 3 is 2.80 bits per heavy atom. The molecule has 0 saturated carbocycles. The van der Waals surface area contributed by atoms with Crippen LogP contribution < -0.4 is 5.32 Å². The third-order valence-electron chi connectivity index (χ3n) is 2.99. The van der Waals surface area contributed by atoms with E-state index >= 15 is 0 Å². The molecule has 0 radical (unpaired) electrons. The predicted octanol–water partition coefficient (Wildman–Crippen LogP) is 3.18. The number of amides is 1. The first-order valence-corrected chi connectivity index (χ1v) is 8.11. The summed E-state index contributed by atoms with van der Waals surface area (Å²) in [5.41, 5.74) is 0. The lowest BCUT2D eigenvalue weighted by Crippen LogP contribution is -2.29. The Hall–Kier alpha value is -0.850. The van der Waals surface area contributed by atoms with Crippen molar-refractivity contribution in [3.63, 3.8) is 0 Å². The molecule has 1 N–H and O–H groups in total. The molecule has 1 aliphatic rings. The van der Waals surface area contributed by atoms with Crippen LogP contribution in [0.25, 0.3) is 0 Å². The Morgan fingerprint density at radius 1 is 1.50 bits per heavy atom. The number of pyridine rings is 1. The minimum atomic E-state index is -0.249. The van der Waals surface area contributed by atoms with Gasteiger partial charge in [-0.05, 0) is 31.9 Å². The molecule has 1 aromatic rings. The standard InChI is InChI=1S/C13H16ClN3OS2/c1-9(20-13(19)17-6-2-3-7-17)12(18)16-11-5-4-10(14)8-15-11/h4-5,8-9H,2-3,6-7H2,1H3,(H,15,16,18)/t9-/m0/s1. The van der Waals surface area contributed by atoms with E-state index in [1.165, 1.54) is 30.8 Å². The van der Waals surface area contributed by atoms with Crippen molar-refractivity contribution in [3.05, 3.63) is 23.4 Å². The minimum absolute atomic E-state index is 0.105. The molecule has 108 valence electrons. The zero-order valence-corrected chi connectivity index (χ0v) is 13.5. The molecule has 1 aromatic heterocycles. The van der Waals surface area contributed by atoms with Crippen LogP contribution in [0.1, 0.15) is 19.8 Å².